The molecule has 2 aromatic rings. The summed E-state index contributed by atoms with van der Waals surface area (Å²) in [7, 11) is -3.21. The Balaban J connectivity index is 2.12. The summed E-state index contributed by atoms with van der Waals surface area (Å²) < 4.78 is 36.2. The molecule has 0 bridgehead atoms. The van der Waals surface area contributed by atoms with Gasteiger partial charge in [-0.05, 0) is 36.4 Å². The van der Waals surface area contributed by atoms with Gasteiger partial charge in [0.15, 0.2) is 9.84 Å². The first-order valence-electron chi connectivity index (χ1n) is 5.85. The summed E-state index contributed by atoms with van der Waals surface area (Å²) in [6.07, 6.45) is 1.15. The molecule has 106 valence electrons. The maximum Gasteiger partial charge on any atom is 0.175 e. The smallest absolute Gasteiger partial charge is 0.175 e. The molecular formula is C14H13ClFNO2S. The monoisotopic (exact) mass is 313 g/mol. The van der Waals surface area contributed by atoms with Crippen molar-refractivity contribution in [1.29, 1.82) is 0 Å². The number of sulfone groups is 1. The van der Waals surface area contributed by atoms with E-state index in [1.54, 1.807) is 24.3 Å². The molecule has 6 heteroatoms. The number of halogens is 2. The molecule has 0 aliphatic rings. The lowest BCUT2D eigenvalue weighted by atomic mass is 10.2. The summed E-state index contributed by atoms with van der Waals surface area (Å²) in [6.45, 7) is 0.226. The zero-order chi connectivity index (χ0) is 14.8. The second-order valence-electron chi connectivity index (χ2n) is 4.35. The van der Waals surface area contributed by atoms with Crippen molar-refractivity contribution >= 4 is 27.1 Å². The van der Waals surface area contributed by atoms with Crippen LogP contribution in [0.15, 0.2) is 47.4 Å². The fourth-order valence-corrected chi connectivity index (χ4v) is 2.57. The molecule has 2 aromatic carbocycles. The standard InChI is InChI=1S/C14H13ClFNO2S/c1-20(18,19)11-7-5-10(6-8-11)17-9-12-13(15)3-2-4-14(12)16/h2-8,17H,9H2,1H3. The summed E-state index contributed by atoms with van der Waals surface area (Å²) >= 11 is 5.92. The molecule has 3 nitrogen and oxygen atoms in total. The van der Waals surface area contributed by atoms with E-state index in [1.807, 2.05) is 0 Å². The maximum atomic E-state index is 13.6. The lowest BCUT2D eigenvalue weighted by Gasteiger charge is -2.09. The second kappa shape index (κ2) is 5.81. The van der Waals surface area contributed by atoms with Crippen LogP contribution in [0.1, 0.15) is 5.56 Å². The molecule has 0 unspecified atom stereocenters. The Morgan fingerprint density at radius 2 is 1.80 bits per heavy atom. The number of anilines is 1. The van der Waals surface area contributed by atoms with Crippen molar-refractivity contribution in [3.05, 3.63) is 58.9 Å². The molecule has 0 saturated heterocycles. The summed E-state index contributed by atoms with van der Waals surface area (Å²) in [5.41, 5.74) is 1.07. The van der Waals surface area contributed by atoms with E-state index in [1.165, 1.54) is 18.2 Å². The molecule has 0 fully saturated rings. The van der Waals surface area contributed by atoms with E-state index in [0.717, 1.165) is 6.26 Å². The average Bonchev–Trinajstić information content (AvgIpc) is 2.37. The largest absolute Gasteiger partial charge is 0.381 e. The van der Waals surface area contributed by atoms with Gasteiger partial charge in [-0.3, -0.25) is 0 Å². The first kappa shape index (κ1) is 14.8. The lowest BCUT2D eigenvalue weighted by molar-refractivity contribution is 0.602. The van der Waals surface area contributed by atoms with Crippen LogP contribution >= 0.6 is 11.6 Å². The molecule has 0 radical (unpaired) electrons. The molecule has 0 aromatic heterocycles. The highest BCUT2D eigenvalue weighted by Crippen LogP contribution is 2.21. The average molecular weight is 314 g/mol. The fraction of sp³-hybridized carbons (Fsp3) is 0.143. The van der Waals surface area contributed by atoms with Crippen molar-refractivity contribution in [2.45, 2.75) is 11.4 Å². The van der Waals surface area contributed by atoms with Gasteiger partial charge < -0.3 is 5.32 Å². The molecule has 1 N–H and O–H groups in total. The van der Waals surface area contributed by atoms with Crippen LogP contribution in [0.4, 0.5) is 10.1 Å². The van der Waals surface area contributed by atoms with Gasteiger partial charge in [0.25, 0.3) is 0 Å². The van der Waals surface area contributed by atoms with E-state index in [2.05, 4.69) is 5.32 Å². The van der Waals surface area contributed by atoms with Crippen LogP contribution in [-0.2, 0) is 16.4 Å². The van der Waals surface area contributed by atoms with Gasteiger partial charge in [0.2, 0.25) is 0 Å². The van der Waals surface area contributed by atoms with Crippen molar-refractivity contribution in [3.8, 4) is 0 Å². The highest BCUT2D eigenvalue weighted by Gasteiger charge is 2.08. The summed E-state index contributed by atoms with van der Waals surface area (Å²) in [5.74, 6) is -0.377. The molecule has 0 atom stereocenters. The van der Waals surface area contributed by atoms with Crippen molar-refractivity contribution in [2.24, 2.45) is 0 Å². The topological polar surface area (TPSA) is 46.2 Å². The van der Waals surface area contributed by atoms with Crippen molar-refractivity contribution in [3.63, 3.8) is 0 Å². The predicted octanol–water partition coefficient (Wildman–Crippen LogP) is 3.49. The number of benzene rings is 2. The lowest BCUT2D eigenvalue weighted by Crippen LogP contribution is -2.03. The molecule has 0 aliphatic carbocycles. The van der Waals surface area contributed by atoms with Crippen LogP contribution in [0.2, 0.25) is 5.02 Å². The Labute approximate surface area is 122 Å². The van der Waals surface area contributed by atoms with E-state index in [9.17, 15) is 12.8 Å². The minimum absolute atomic E-state index is 0.226. The van der Waals surface area contributed by atoms with Crippen molar-refractivity contribution < 1.29 is 12.8 Å². The molecule has 0 amide bonds. The minimum atomic E-state index is -3.21. The van der Waals surface area contributed by atoms with Crippen LogP contribution in [0.5, 0.6) is 0 Å². The Morgan fingerprint density at radius 3 is 2.35 bits per heavy atom. The van der Waals surface area contributed by atoms with Gasteiger partial charge in [-0.1, -0.05) is 17.7 Å². The van der Waals surface area contributed by atoms with Gasteiger partial charge in [-0.25, -0.2) is 12.8 Å². The number of hydrogen-bond donors (Lipinski definition) is 1. The third kappa shape index (κ3) is 3.49. The van der Waals surface area contributed by atoms with E-state index in [0.29, 0.717) is 16.3 Å². The van der Waals surface area contributed by atoms with E-state index < -0.39 is 9.84 Å². The highest BCUT2D eigenvalue weighted by molar-refractivity contribution is 7.90. The molecular weight excluding hydrogens is 301 g/mol. The Morgan fingerprint density at radius 1 is 1.15 bits per heavy atom. The highest BCUT2D eigenvalue weighted by atomic mass is 35.5. The zero-order valence-corrected chi connectivity index (χ0v) is 12.3. The maximum absolute atomic E-state index is 13.6. The van der Waals surface area contributed by atoms with Crippen LogP contribution in [0.25, 0.3) is 0 Å². The normalized spacial score (nSPS) is 11.3. The van der Waals surface area contributed by atoms with Crippen molar-refractivity contribution in [1.82, 2.24) is 0 Å². The molecule has 20 heavy (non-hydrogen) atoms. The second-order valence-corrected chi connectivity index (χ2v) is 6.77. The number of rotatable bonds is 4. The SMILES string of the molecule is CS(=O)(=O)c1ccc(NCc2c(F)cccc2Cl)cc1. The molecule has 2 rings (SSSR count). The summed E-state index contributed by atoms with van der Waals surface area (Å²) in [5, 5.41) is 3.35. The molecule has 0 spiro atoms. The third-order valence-electron chi connectivity index (χ3n) is 2.81. The predicted molar refractivity (Wildman–Crippen MR) is 78.3 cm³/mol. The number of nitrogens with one attached hydrogen (secondary N) is 1. The molecule has 0 heterocycles. The van der Waals surface area contributed by atoms with Gasteiger partial charge in [-0.15, -0.1) is 0 Å². The van der Waals surface area contributed by atoms with E-state index in [4.69, 9.17) is 11.6 Å². The quantitative estimate of drug-likeness (QED) is 0.939. The van der Waals surface area contributed by atoms with E-state index in [-0.39, 0.29) is 17.3 Å². The van der Waals surface area contributed by atoms with Gasteiger partial charge in [0.1, 0.15) is 5.82 Å². The first-order valence-corrected chi connectivity index (χ1v) is 8.12. The Bertz CT molecular complexity index is 694. The fourth-order valence-electron chi connectivity index (χ4n) is 1.71. The van der Waals surface area contributed by atoms with Gasteiger partial charge in [0.05, 0.1) is 4.90 Å². The van der Waals surface area contributed by atoms with Crippen LogP contribution in [0.3, 0.4) is 0 Å². The zero-order valence-electron chi connectivity index (χ0n) is 10.7. The minimum Gasteiger partial charge on any atom is -0.381 e. The van der Waals surface area contributed by atoms with Crippen molar-refractivity contribution in [2.75, 3.05) is 11.6 Å². The Kier molecular flexibility index (Phi) is 4.30. The van der Waals surface area contributed by atoms with Crippen LogP contribution < -0.4 is 5.32 Å². The summed E-state index contributed by atoms with van der Waals surface area (Å²) in [4.78, 5) is 0.243. The van der Waals surface area contributed by atoms with Gasteiger partial charge in [0, 0.05) is 29.1 Å². The third-order valence-corrected chi connectivity index (χ3v) is 4.30. The molecule has 0 aliphatic heterocycles. The Hall–Kier alpha value is -1.59. The summed E-state index contributed by atoms with van der Waals surface area (Å²) in [6, 6.07) is 10.8. The molecule has 0 saturated carbocycles. The number of hydrogen-bond acceptors (Lipinski definition) is 3. The van der Waals surface area contributed by atoms with E-state index >= 15 is 0 Å². The van der Waals surface area contributed by atoms with Crippen LogP contribution in [0, 0.1) is 5.82 Å². The first-order chi connectivity index (χ1) is 9.38. The van der Waals surface area contributed by atoms with Crippen LogP contribution in [-0.4, -0.2) is 14.7 Å². The van der Waals surface area contributed by atoms with Gasteiger partial charge in [-0.2, -0.15) is 0 Å². The van der Waals surface area contributed by atoms with Gasteiger partial charge >= 0.3 is 0 Å².